The second-order valence-corrected chi connectivity index (χ2v) is 10.6. The van der Waals surface area contributed by atoms with E-state index in [4.69, 9.17) is 28.9 Å². The molecule has 1 rings (SSSR count). The standard InChI is InChI=1S/C30H58N5O4Si/c1-9-17-19-24(11-3)21-35(22-25(12-4)20-18-10-2)28-31-27(32-29(33-28)37-14-6)34-30(38-15-7,39-16-8)26(23-40)36-13-5/h24-26H,9-23H2,1-8H3,(H,31,32,33,34). The Bertz CT molecular complexity index is 752. The van der Waals surface area contributed by atoms with Crippen LogP contribution in [0.25, 0.3) is 0 Å². The molecule has 1 aromatic rings. The Morgan fingerprint density at radius 1 is 0.775 bits per heavy atom. The summed E-state index contributed by atoms with van der Waals surface area (Å²) in [6, 6.07) is 0.783. The third kappa shape index (κ3) is 12.2. The van der Waals surface area contributed by atoms with Crippen LogP contribution >= 0.6 is 0 Å². The summed E-state index contributed by atoms with van der Waals surface area (Å²) in [4.78, 5) is 16.7. The maximum Gasteiger partial charge on any atom is 0.323 e. The summed E-state index contributed by atoms with van der Waals surface area (Å²) in [5.41, 5.74) is 0. The molecule has 0 saturated heterocycles. The minimum Gasteiger partial charge on any atom is -0.464 e. The van der Waals surface area contributed by atoms with Gasteiger partial charge in [-0.2, -0.15) is 15.0 Å². The minimum atomic E-state index is -1.28. The van der Waals surface area contributed by atoms with Gasteiger partial charge in [-0.25, -0.2) is 0 Å². The van der Waals surface area contributed by atoms with Crippen molar-refractivity contribution in [3.05, 3.63) is 0 Å². The van der Waals surface area contributed by atoms with E-state index in [0.717, 1.165) is 25.9 Å². The molecule has 1 N–H and O–H groups in total. The SMILES string of the molecule is CCCCC(CC)CN(CC(CC)CCCC)c1nc(NC(OCC)(OCC)C(C[Si])OCC)nc(OCC)n1. The molecule has 0 aromatic carbocycles. The summed E-state index contributed by atoms with van der Waals surface area (Å²) in [5.74, 6) is 0.809. The molecule has 0 saturated carbocycles. The highest BCUT2D eigenvalue weighted by Gasteiger charge is 2.42. The van der Waals surface area contributed by atoms with Crippen molar-refractivity contribution in [2.24, 2.45) is 11.8 Å². The molecular weight excluding hydrogens is 522 g/mol. The van der Waals surface area contributed by atoms with E-state index in [-0.39, 0.29) is 6.01 Å². The molecule has 231 valence electrons. The summed E-state index contributed by atoms with van der Waals surface area (Å²) >= 11 is 0. The van der Waals surface area contributed by atoms with Crippen molar-refractivity contribution in [1.82, 2.24) is 15.0 Å². The Morgan fingerprint density at radius 2 is 1.35 bits per heavy atom. The minimum absolute atomic E-state index is 0.288. The van der Waals surface area contributed by atoms with Gasteiger partial charge in [0.1, 0.15) is 6.10 Å². The van der Waals surface area contributed by atoms with Gasteiger partial charge in [-0.05, 0) is 58.4 Å². The fourth-order valence-corrected chi connectivity index (χ4v) is 5.29. The van der Waals surface area contributed by atoms with Crippen LogP contribution in [0.3, 0.4) is 0 Å². The molecule has 0 spiro atoms. The highest BCUT2D eigenvalue weighted by molar-refractivity contribution is 6.09. The highest BCUT2D eigenvalue weighted by atomic mass is 28.1. The monoisotopic (exact) mass is 580 g/mol. The Morgan fingerprint density at radius 3 is 1.77 bits per heavy atom. The van der Waals surface area contributed by atoms with Gasteiger partial charge < -0.3 is 29.2 Å². The topological polar surface area (TPSA) is 90.9 Å². The van der Waals surface area contributed by atoms with Crippen LogP contribution in [0.4, 0.5) is 11.9 Å². The van der Waals surface area contributed by atoms with Crippen molar-refractivity contribution < 1.29 is 18.9 Å². The summed E-state index contributed by atoms with van der Waals surface area (Å²) in [6.07, 6.45) is 9.04. The number of nitrogens with zero attached hydrogens (tertiary/aromatic N) is 4. The lowest BCUT2D eigenvalue weighted by molar-refractivity contribution is -0.267. The van der Waals surface area contributed by atoms with Crippen molar-refractivity contribution in [3.8, 4) is 6.01 Å². The Balaban J connectivity index is 3.59. The zero-order valence-electron chi connectivity index (χ0n) is 26.8. The van der Waals surface area contributed by atoms with Gasteiger partial charge in [0, 0.05) is 43.2 Å². The van der Waals surface area contributed by atoms with Gasteiger partial charge in [0.15, 0.2) is 0 Å². The average molecular weight is 581 g/mol. The summed E-state index contributed by atoms with van der Waals surface area (Å²) in [5, 5.41) is 3.36. The van der Waals surface area contributed by atoms with Crippen LogP contribution in [0.2, 0.25) is 6.04 Å². The lowest BCUT2D eigenvalue weighted by Crippen LogP contribution is -2.55. The lowest BCUT2D eigenvalue weighted by atomic mass is 9.96. The highest BCUT2D eigenvalue weighted by Crippen LogP contribution is 2.28. The Labute approximate surface area is 248 Å². The second kappa shape index (κ2) is 21.2. The first-order valence-electron chi connectivity index (χ1n) is 15.9. The number of nitrogens with one attached hydrogen (secondary N) is 1. The molecule has 10 heteroatoms. The van der Waals surface area contributed by atoms with Crippen LogP contribution in [0.15, 0.2) is 0 Å². The first-order chi connectivity index (χ1) is 19.4. The molecule has 3 unspecified atom stereocenters. The normalized spacial score (nSPS) is 14.1. The molecule has 0 aliphatic carbocycles. The van der Waals surface area contributed by atoms with E-state index in [1.54, 1.807) is 0 Å². The maximum absolute atomic E-state index is 6.19. The lowest BCUT2D eigenvalue weighted by Gasteiger charge is -2.39. The maximum atomic E-state index is 6.19. The largest absolute Gasteiger partial charge is 0.464 e. The van der Waals surface area contributed by atoms with Crippen molar-refractivity contribution in [1.29, 1.82) is 0 Å². The number of hydrogen-bond donors (Lipinski definition) is 1. The summed E-state index contributed by atoms with van der Waals surface area (Å²) in [7, 11) is 3.64. The van der Waals surface area contributed by atoms with E-state index in [9.17, 15) is 0 Å². The number of unbranched alkanes of at least 4 members (excludes halogenated alkanes) is 2. The number of rotatable bonds is 25. The molecular formula is C30H58N5O4Si. The number of hydrogen-bond acceptors (Lipinski definition) is 9. The van der Waals surface area contributed by atoms with Crippen LogP contribution < -0.4 is 15.0 Å². The van der Waals surface area contributed by atoms with Gasteiger partial charge in [0.2, 0.25) is 11.9 Å². The Kier molecular flexibility index (Phi) is 19.4. The average Bonchev–Trinajstić information content (AvgIpc) is 2.95. The summed E-state index contributed by atoms with van der Waals surface area (Å²) < 4.78 is 24.2. The third-order valence-corrected chi connectivity index (χ3v) is 7.55. The zero-order valence-corrected chi connectivity index (χ0v) is 27.8. The van der Waals surface area contributed by atoms with Crippen molar-refractivity contribution in [2.75, 3.05) is 49.7 Å². The molecule has 40 heavy (non-hydrogen) atoms. The van der Waals surface area contributed by atoms with Gasteiger partial charge in [0.05, 0.1) is 6.61 Å². The number of ether oxygens (including phenoxy) is 4. The van der Waals surface area contributed by atoms with E-state index < -0.39 is 12.0 Å². The van der Waals surface area contributed by atoms with Crippen LogP contribution in [0.1, 0.15) is 107 Å². The fourth-order valence-electron chi connectivity index (χ4n) is 4.90. The molecule has 3 radical (unpaired) electrons. The third-order valence-electron chi connectivity index (χ3n) is 7.18. The first-order valence-corrected chi connectivity index (χ1v) is 16.6. The van der Waals surface area contributed by atoms with E-state index in [0.29, 0.717) is 56.2 Å². The van der Waals surface area contributed by atoms with Crippen molar-refractivity contribution in [2.45, 2.75) is 125 Å². The van der Waals surface area contributed by atoms with Gasteiger partial charge in [-0.1, -0.05) is 66.2 Å². The Hall–Kier alpha value is -1.49. The van der Waals surface area contributed by atoms with E-state index in [2.05, 4.69) is 53.1 Å². The van der Waals surface area contributed by atoms with Gasteiger partial charge in [-0.3, -0.25) is 0 Å². The van der Waals surface area contributed by atoms with Crippen LogP contribution in [0.5, 0.6) is 6.01 Å². The van der Waals surface area contributed by atoms with Crippen LogP contribution in [-0.2, 0) is 14.2 Å². The fraction of sp³-hybridized carbons (Fsp3) is 0.900. The zero-order chi connectivity index (χ0) is 29.8. The predicted molar refractivity (Wildman–Crippen MR) is 165 cm³/mol. The van der Waals surface area contributed by atoms with Gasteiger partial charge >= 0.3 is 6.01 Å². The van der Waals surface area contributed by atoms with Gasteiger partial charge in [-0.15, -0.1) is 0 Å². The molecule has 9 nitrogen and oxygen atoms in total. The molecule has 0 amide bonds. The first kappa shape index (κ1) is 36.5. The number of aromatic nitrogens is 3. The molecule has 0 aliphatic rings. The second-order valence-electron chi connectivity index (χ2n) is 10.2. The molecule has 0 bridgehead atoms. The molecule has 1 aromatic heterocycles. The molecule has 0 aliphatic heterocycles. The smallest absolute Gasteiger partial charge is 0.323 e. The van der Waals surface area contributed by atoms with Crippen molar-refractivity contribution >= 4 is 22.1 Å². The van der Waals surface area contributed by atoms with Crippen LogP contribution in [-0.4, -0.2) is 76.7 Å². The molecule has 0 fully saturated rings. The quantitative estimate of drug-likeness (QED) is 0.101. The van der Waals surface area contributed by atoms with E-state index in [1.807, 2.05) is 27.7 Å². The predicted octanol–water partition coefficient (Wildman–Crippen LogP) is 6.64. The van der Waals surface area contributed by atoms with E-state index >= 15 is 0 Å². The number of anilines is 2. The molecule has 1 heterocycles. The molecule has 3 atom stereocenters. The van der Waals surface area contributed by atoms with E-state index in [1.165, 1.54) is 38.5 Å². The summed E-state index contributed by atoms with van der Waals surface area (Å²) in [6.45, 7) is 20.4. The van der Waals surface area contributed by atoms with Gasteiger partial charge in [0.25, 0.3) is 5.91 Å². The van der Waals surface area contributed by atoms with Crippen LogP contribution in [0, 0.1) is 11.8 Å². The van der Waals surface area contributed by atoms with Crippen molar-refractivity contribution in [3.63, 3.8) is 0 Å².